The van der Waals surface area contributed by atoms with E-state index in [1.165, 1.54) is 13.0 Å². The lowest BCUT2D eigenvalue weighted by atomic mass is 9.90. The highest BCUT2D eigenvalue weighted by atomic mass is 16.5. The SMILES string of the molecule is CCOC(=O)C1=CC(=O)[C@H](NC(C)=O)[C@@H](N)C1. The zero-order valence-corrected chi connectivity index (χ0v) is 9.86. The molecule has 0 heterocycles. The first-order valence-electron chi connectivity index (χ1n) is 5.40. The predicted molar refractivity (Wildman–Crippen MR) is 59.9 cm³/mol. The Morgan fingerprint density at radius 3 is 2.71 bits per heavy atom. The van der Waals surface area contributed by atoms with Crippen molar-refractivity contribution in [2.75, 3.05) is 6.61 Å². The maximum absolute atomic E-state index is 11.7. The molecule has 17 heavy (non-hydrogen) atoms. The molecule has 3 N–H and O–H groups in total. The van der Waals surface area contributed by atoms with Crippen LogP contribution in [-0.2, 0) is 19.1 Å². The summed E-state index contributed by atoms with van der Waals surface area (Å²) in [6.07, 6.45) is 1.41. The van der Waals surface area contributed by atoms with Crippen LogP contribution in [0.15, 0.2) is 11.6 Å². The van der Waals surface area contributed by atoms with Gasteiger partial charge in [-0.15, -0.1) is 0 Å². The number of ether oxygens (including phenoxy) is 1. The minimum absolute atomic E-state index is 0.218. The molecule has 1 rings (SSSR count). The third-order valence-corrected chi connectivity index (χ3v) is 2.40. The fourth-order valence-electron chi connectivity index (χ4n) is 1.67. The molecule has 94 valence electrons. The van der Waals surface area contributed by atoms with E-state index < -0.39 is 18.1 Å². The molecule has 6 heteroatoms. The van der Waals surface area contributed by atoms with E-state index in [0.717, 1.165) is 0 Å². The van der Waals surface area contributed by atoms with Crippen molar-refractivity contribution in [3.8, 4) is 0 Å². The number of esters is 1. The van der Waals surface area contributed by atoms with Gasteiger partial charge in [-0.05, 0) is 19.4 Å². The Morgan fingerprint density at radius 2 is 2.24 bits per heavy atom. The molecule has 2 atom stereocenters. The van der Waals surface area contributed by atoms with Gasteiger partial charge in [-0.3, -0.25) is 9.59 Å². The van der Waals surface area contributed by atoms with E-state index in [-0.39, 0.29) is 30.3 Å². The molecule has 1 aliphatic carbocycles. The van der Waals surface area contributed by atoms with Crippen LogP contribution < -0.4 is 11.1 Å². The number of hydrogen-bond donors (Lipinski definition) is 2. The molecule has 0 aromatic rings. The van der Waals surface area contributed by atoms with Crippen LogP contribution in [0.4, 0.5) is 0 Å². The van der Waals surface area contributed by atoms with Crippen molar-refractivity contribution in [2.45, 2.75) is 32.4 Å². The molecule has 0 aromatic heterocycles. The second-order valence-corrected chi connectivity index (χ2v) is 3.84. The molecule has 1 amide bonds. The van der Waals surface area contributed by atoms with Gasteiger partial charge >= 0.3 is 5.97 Å². The van der Waals surface area contributed by atoms with Gasteiger partial charge in [0.15, 0.2) is 5.78 Å². The molecule has 0 spiro atoms. The van der Waals surface area contributed by atoms with Crippen molar-refractivity contribution >= 4 is 17.7 Å². The Kier molecular flexibility index (Phi) is 4.39. The first-order chi connectivity index (χ1) is 7.95. The fraction of sp³-hybridized carbons (Fsp3) is 0.545. The first kappa shape index (κ1) is 13.4. The van der Waals surface area contributed by atoms with Crippen molar-refractivity contribution in [1.82, 2.24) is 5.32 Å². The quantitative estimate of drug-likeness (QED) is 0.634. The van der Waals surface area contributed by atoms with Crippen LogP contribution >= 0.6 is 0 Å². The highest BCUT2D eigenvalue weighted by Gasteiger charge is 2.32. The second kappa shape index (κ2) is 5.58. The first-order valence-corrected chi connectivity index (χ1v) is 5.40. The number of rotatable bonds is 3. The van der Waals surface area contributed by atoms with Gasteiger partial charge in [-0.1, -0.05) is 0 Å². The van der Waals surface area contributed by atoms with E-state index in [4.69, 9.17) is 10.5 Å². The summed E-state index contributed by atoms with van der Waals surface area (Å²) < 4.78 is 4.79. The van der Waals surface area contributed by atoms with Crippen molar-refractivity contribution in [1.29, 1.82) is 0 Å². The highest BCUT2D eigenvalue weighted by molar-refractivity contribution is 6.05. The Labute approximate surface area is 99.2 Å². The number of nitrogens with two attached hydrogens (primary N) is 1. The van der Waals surface area contributed by atoms with E-state index in [9.17, 15) is 14.4 Å². The van der Waals surface area contributed by atoms with Gasteiger partial charge in [-0.2, -0.15) is 0 Å². The van der Waals surface area contributed by atoms with Gasteiger partial charge in [0.25, 0.3) is 0 Å². The number of hydrogen-bond acceptors (Lipinski definition) is 5. The van der Waals surface area contributed by atoms with Gasteiger partial charge in [-0.25, -0.2) is 4.79 Å². The van der Waals surface area contributed by atoms with E-state index >= 15 is 0 Å². The van der Waals surface area contributed by atoms with Crippen LogP contribution in [0, 0.1) is 0 Å². The molecule has 6 nitrogen and oxygen atoms in total. The van der Waals surface area contributed by atoms with E-state index in [1.54, 1.807) is 6.92 Å². The average Bonchev–Trinajstić information content (AvgIpc) is 2.23. The maximum Gasteiger partial charge on any atom is 0.334 e. The topological polar surface area (TPSA) is 98.5 Å². The fourth-order valence-corrected chi connectivity index (χ4v) is 1.67. The Hall–Kier alpha value is -1.69. The summed E-state index contributed by atoms with van der Waals surface area (Å²) in [5, 5.41) is 2.46. The second-order valence-electron chi connectivity index (χ2n) is 3.84. The van der Waals surface area contributed by atoms with E-state index in [1.807, 2.05) is 0 Å². The molecular formula is C11H16N2O4. The Bertz CT molecular complexity index is 376. The van der Waals surface area contributed by atoms with Gasteiger partial charge in [0.1, 0.15) is 6.04 Å². The minimum Gasteiger partial charge on any atom is -0.463 e. The van der Waals surface area contributed by atoms with Gasteiger partial charge < -0.3 is 15.8 Å². The molecule has 0 radical (unpaired) electrons. The van der Waals surface area contributed by atoms with Crippen LogP contribution in [0.2, 0.25) is 0 Å². The van der Waals surface area contributed by atoms with Crippen molar-refractivity contribution in [2.24, 2.45) is 5.73 Å². The summed E-state index contributed by atoms with van der Waals surface area (Å²) in [5.41, 5.74) is 6.01. The zero-order chi connectivity index (χ0) is 13.0. The van der Waals surface area contributed by atoms with Crippen LogP contribution in [0.25, 0.3) is 0 Å². The van der Waals surface area contributed by atoms with Gasteiger partial charge in [0.2, 0.25) is 5.91 Å². The molecule has 0 bridgehead atoms. The smallest absolute Gasteiger partial charge is 0.334 e. The molecule has 0 unspecified atom stereocenters. The van der Waals surface area contributed by atoms with Crippen LogP contribution in [0.3, 0.4) is 0 Å². The lowest BCUT2D eigenvalue weighted by molar-refractivity contribution is -0.139. The Morgan fingerprint density at radius 1 is 1.59 bits per heavy atom. The lowest BCUT2D eigenvalue weighted by Crippen LogP contribution is -2.53. The highest BCUT2D eigenvalue weighted by Crippen LogP contribution is 2.16. The van der Waals surface area contributed by atoms with Crippen molar-refractivity contribution in [3.05, 3.63) is 11.6 Å². The number of nitrogens with one attached hydrogen (secondary N) is 1. The molecule has 0 saturated heterocycles. The summed E-state index contributed by atoms with van der Waals surface area (Å²) in [6, 6.07) is -1.36. The molecule has 0 aliphatic heterocycles. The van der Waals surface area contributed by atoms with E-state index in [0.29, 0.717) is 0 Å². The minimum atomic E-state index is -0.759. The Balaban J connectivity index is 2.79. The predicted octanol–water partition coefficient (Wildman–Crippen LogP) is -0.719. The molecule has 1 aliphatic rings. The normalized spacial score (nSPS) is 23.9. The average molecular weight is 240 g/mol. The van der Waals surface area contributed by atoms with Gasteiger partial charge in [0.05, 0.1) is 6.61 Å². The number of amides is 1. The van der Waals surface area contributed by atoms with E-state index in [2.05, 4.69) is 5.32 Å². The summed E-state index contributed by atoms with van der Waals surface area (Å²) in [7, 11) is 0. The third kappa shape index (κ3) is 3.39. The summed E-state index contributed by atoms with van der Waals surface area (Å²) in [4.78, 5) is 34.0. The molecule has 0 saturated carbocycles. The maximum atomic E-state index is 11.7. The molecule has 0 fully saturated rings. The third-order valence-electron chi connectivity index (χ3n) is 2.40. The lowest BCUT2D eigenvalue weighted by Gasteiger charge is -2.26. The number of carbonyl (C=O) groups is 3. The summed E-state index contributed by atoms with van der Waals surface area (Å²) in [6.45, 7) is 3.24. The van der Waals surface area contributed by atoms with Crippen LogP contribution in [0.5, 0.6) is 0 Å². The number of carbonyl (C=O) groups excluding carboxylic acids is 3. The zero-order valence-electron chi connectivity index (χ0n) is 9.86. The van der Waals surface area contributed by atoms with Gasteiger partial charge in [0, 0.05) is 18.5 Å². The summed E-state index contributed by atoms with van der Waals surface area (Å²) in [5.74, 6) is -1.23. The molecular weight excluding hydrogens is 224 g/mol. The molecule has 0 aromatic carbocycles. The largest absolute Gasteiger partial charge is 0.463 e. The van der Waals surface area contributed by atoms with Crippen molar-refractivity contribution < 1.29 is 19.1 Å². The monoisotopic (exact) mass is 240 g/mol. The van der Waals surface area contributed by atoms with Crippen molar-refractivity contribution in [3.63, 3.8) is 0 Å². The van der Waals surface area contributed by atoms with Crippen LogP contribution in [-0.4, -0.2) is 36.4 Å². The standard InChI is InChI=1S/C11H16N2O4/c1-3-17-11(16)7-4-8(12)10(9(15)5-7)13-6(2)14/h5,8,10H,3-4,12H2,1-2H3,(H,13,14)/t8-,10+/m0/s1. The van der Waals surface area contributed by atoms with Crippen LogP contribution in [0.1, 0.15) is 20.3 Å². The number of ketones is 1. The summed E-state index contributed by atoms with van der Waals surface area (Å²) >= 11 is 0.